The largest absolute Gasteiger partial charge is 0.165 e. The molecule has 2 heteroatoms. The smallest absolute Gasteiger partial charge is 0.0307 e. The van der Waals surface area contributed by atoms with Gasteiger partial charge < -0.3 is 0 Å². The van der Waals surface area contributed by atoms with Crippen LogP contribution in [0.4, 0.5) is 0 Å². The van der Waals surface area contributed by atoms with E-state index in [9.17, 15) is 0 Å². The first-order chi connectivity index (χ1) is 11.1. The molecule has 0 aliphatic rings. The van der Waals surface area contributed by atoms with Crippen LogP contribution in [0, 0.1) is 13.8 Å². The van der Waals surface area contributed by atoms with Crippen molar-refractivity contribution >= 4 is 31.1 Å². The van der Waals surface area contributed by atoms with Crippen molar-refractivity contribution < 1.29 is 25.8 Å². The Morgan fingerprint density at radius 3 is 1.33 bits per heavy atom. The molecular weight excluding hydrogens is 471 g/mol. The Balaban J connectivity index is 0.000000200. The maximum absolute atomic E-state index is 2.20. The van der Waals surface area contributed by atoms with Gasteiger partial charge in [0.15, 0.2) is 0 Å². The van der Waals surface area contributed by atoms with Crippen LogP contribution < -0.4 is 0 Å². The molecule has 4 aromatic carbocycles. The zero-order valence-electron chi connectivity index (χ0n) is 14.9. The van der Waals surface area contributed by atoms with Crippen LogP contribution in [-0.4, -0.2) is 9.52 Å². The molecule has 0 fully saturated rings. The number of aryl methyl sites for hydroxylation is 2. The van der Waals surface area contributed by atoms with Gasteiger partial charge in [-0.05, 0) is 0 Å². The van der Waals surface area contributed by atoms with Crippen molar-refractivity contribution in [3.63, 3.8) is 0 Å². The molecule has 0 spiro atoms. The summed E-state index contributed by atoms with van der Waals surface area (Å²) >= 11 is 0. The average molecular weight is 495 g/mol. The Morgan fingerprint density at radius 2 is 1.00 bits per heavy atom. The van der Waals surface area contributed by atoms with Crippen molar-refractivity contribution in [3.05, 3.63) is 83.9 Å². The Labute approximate surface area is 167 Å². The second-order valence-electron chi connectivity index (χ2n) is 5.82. The molecule has 4 aromatic rings. The van der Waals surface area contributed by atoms with Gasteiger partial charge in [-0.15, -0.1) is 81.2 Å². The van der Waals surface area contributed by atoms with Crippen molar-refractivity contribution in [2.75, 3.05) is 0 Å². The van der Waals surface area contributed by atoms with Crippen LogP contribution in [0.25, 0.3) is 21.5 Å². The number of benzene rings is 2. The summed E-state index contributed by atoms with van der Waals surface area (Å²) in [5, 5.41) is 5.39. The van der Waals surface area contributed by atoms with Gasteiger partial charge in [0.25, 0.3) is 0 Å². The summed E-state index contributed by atoms with van der Waals surface area (Å²) < 4.78 is 0. The summed E-state index contributed by atoms with van der Waals surface area (Å²) in [6.45, 7) is 8.56. The Bertz CT molecular complexity index is 716. The number of hydrogen-bond acceptors (Lipinski definition) is 0. The summed E-state index contributed by atoms with van der Waals surface area (Å²) in [5.41, 5.74) is 2.70. The van der Waals surface area contributed by atoms with Crippen molar-refractivity contribution in [3.8, 4) is 0 Å². The van der Waals surface area contributed by atoms with Crippen molar-refractivity contribution in [2.24, 2.45) is 0 Å². The summed E-state index contributed by atoms with van der Waals surface area (Å²) in [6.07, 6.45) is 0. The van der Waals surface area contributed by atoms with E-state index in [1.165, 1.54) is 32.7 Å². The molecule has 0 saturated heterocycles. The summed E-state index contributed by atoms with van der Waals surface area (Å²) in [7, 11) is 1.08. The van der Waals surface area contributed by atoms with E-state index >= 15 is 0 Å². The molecule has 0 saturated carbocycles. The predicted octanol–water partition coefficient (Wildman–Crippen LogP) is 6.52. The zero-order chi connectivity index (χ0) is 16.7. The van der Waals surface area contributed by atoms with Gasteiger partial charge in [-0.3, -0.25) is 0 Å². The number of rotatable bonds is 0. The SMILES string of the molecule is C[Si]C.Cc1cc2ccccc2[cH-]1.Cc1cc2ccccc2[cH-]1.[Hf]. The van der Waals surface area contributed by atoms with Crippen LogP contribution in [0.5, 0.6) is 0 Å². The number of hydrogen-bond donors (Lipinski definition) is 0. The third kappa shape index (κ3) is 5.99. The first-order valence-electron chi connectivity index (χ1n) is 7.96. The van der Waals surface area contributed by atoms with Crippen LogP contribution in [0.15, 0.2) is 72.8 Å². The molecule has 0 bridgehead atoms. The normalized spacial score (nSPS) is 9.50. The first-order valence-corrected chi connectivity index (χ1v) is 9.96. The fourth-order valence-electron chi connectivity index (χ4n) is 2.61. The Morgan fingerprint density at radius 1 is 0.667 bits per heavy atom. The summed E-state index contributed by atoms with van der Waals surface area (Å²) in [4.78, 5) is 0. The fourth-order valence-corrected chi connectivity index (χ4v) is 2.61. The first kappa shape index (κ1) is 20.8. The van der Waals surface area contributed by atoms with E-state index in [1.54, 1.807) is 0 Å². The molecule has 0 heterocycles. The zero-order valence-corrected chi connectivity index (χ0v) is 19.5. The molecule has 0 aliphatic carbocycles. The molecule has 0 amide bonds. The standard InChI is InChI=1S/2C10H9.C2H6Si.Hf/c2*1-8-6-9-4-2-3-5-10(9)7-8;1-3-2;/h2*2-7H,1H3;1-2H3;/q2*-1;;. The molecule has 0 aliphatic heterocycles. The monoisotopic (exact) mass is 496 g/mol. The molecule has 122 valence electrons. The second-order valence-corrected chi connectivity index (χ2v) is 6.82. The molecule has 0 atom stereocenters. The minimum absolute atomic E-state index is 0. The van der Waals surface area contributed by atoms with Crippen molar-refractivity contribution in [1.29, 1.82) is 0 Å². The molecule has 0 N–H and O–H groups in total. The summed E-state index contributed by atoms with van der Waals surface area (Å²) in [6, 6.07) is 25.7. The van der Waals surface area contributed by atoms with E-state index < -0.39 is 0 Å². The van der Waals surface area contributed by atoms with Crippen molar-refractivity contribution in [2.45, 2.75) is 26.9 Å². The molecule has 2 radical (unpaired) electrons. The van der Waals surface area contributed by atoms with Gasteiger partial charge in [-0.25, -0.2) is 0 Å². The van der Waals surface area contributed by atoms with Crippen LogP contribution in [-0.2, 0) is 25.8 Å². The van der Waals surface area contributed by atoms with Gasteiger partial charge in [-0.2, -0.15) is 12.1 Å². The van der Waals surface area contributed by atoms with E-state index in [0.717, 1.165) is 9.52 Å². The molecule has 4 rings (SSSR count). The fraction of sp³-hybridized carbons (Fsp3) is 0.182. The van der Waals surface area contributed by atoms with Crippen LogP contribution in [0.2, 0.25) is 13.1 Å². The van der Waals surface area contributed by atoms with Gasteiger partial charge in [0.05, 0.1) is 0 Å². The van der Waals surface area contributed by atoms with E-state index in [4.69, 9.17) is 0 Å². The third-order valence-corrected chi connectivity index (χ3v) is 3.52. The van der Waals surface area contributed by atoms with Gasteiger partial charge in [-0.1, -0.05) is 39.1 Å². The number of fused-ring (bicyclic) bond motifs is 2. The van der Waals surface area contributed by atoms with Crippen LogP contribution in [0.3, 0.4) is 0 Å². The molecule has 0 nitrogen and oxygen atoms in total. The minimum atomic E-state index is 0. The predicted molar refractivity (Wildman–Crippen MR) is 106 cm³/mol. The molecule has 0 aromatic heterocycles. The minimum Gasteiger partial charge on any atom is -0.165 e. The van der Waals surface area contributed by atoms with Gasteiger partial charge >= 0.3 is 0 Å². The Hall–Kier alpha value is -1.25. The van der Waals surface area contributed by atoms with Crippen molar-refractivity contribution in [1.82, 2.24) is 0 Å². The third-order valence-electron chi connectivity index (χ3n) is 3.52. The topological polar surface area (TPSA) is 0 Å². The van der Waals surface area contributed by atoms with Gasteiger partial charge in [0.2, 0.25) is 0 Å². The maximum atomic E-state index is 2.20. The van der Waals surface area contributed by atoms with E-state index in [1.807, 2.05) is 0 Å². The molecule has 24 heavy (non-hydrogen) atoms. The second kappa shape index (κ2) is 10.6. The average Bonchev–Trinajstić information content (AvgIpc) is 3.08. The quantitative estimate of drug-likeness (QED) is 0.193. The molecular formula is C22H24HfSi-2. The van der Waals surface area contributed by atoms with E-state index in [-0.39, 0.29) is 25.8 Å². The van der Waals surface area contributed by atoms with Crippen LogP contribution >= 0.6 is 0 Å². The summed E-state index contributed by atoms with van der Waals surface area (Å²) in [5.74, 6) is 0. The maximum Gasteiger partial charge on any atom is 0.0307 e. The van der Waals surface area contributed by atoms with Gasteiger partial charge in [0.1, 0.15) is 0 Å². The van der Waals surface area contributed by atoms with Crippen LogP contribution in [0.1, 0.15) is 11.1 Å². The van der Waals surface area contributed by atoms with E-state index in [0.29, 0.717) is 0 Å². The van der Waals surface area contributed by atoms with Gasteiger partial charge in [0, 0.05) is 35.4 Å². The van der Waals surface area contributed by atoms with E-state index in [2.05, 4.69) is 99.7 Å². The molecule has 0 unspecified atom stereocenters. The Kier molecular flexibility index (Phi) is 9.16.